The van der Waals surface area contributed by atoms with Crippen molar-refractivity contribution >= 4 is 11.1 Å². The molecule has 1 aromatic rings. The van der Waals surface area contributed by atoms with Gasteiger partial charge in [0.1, 0.15) is 0 Å². The molecule has 1 aliphatic carbocycles. The first-order valence-electron chi connectivity index (χ1n) is 6.20. The van der Waals surface area contributed by atoms with Crippen LogP contribution in [0.1, 0.15) is 28.7 Å². The van der Waals surface area contributed by atoms with Gasteiger partial charge in [0, 0.05) is 0 Å². The van der Waals surface area contributed by atoms with E-state index in [1.807, 2.05) is 38.1 Å². The molecule has 0 fully saturated rings. The highest BCUT2D eigenvalue weighted by atomic mass is 14.7. The number of nitrogens with zero attached hydrogens (tertiary/aromatic N) is 4. The minimum Gasteiger partial charge on any atom is -0.226 e. The summed E-state index contributed by atoms with van der Waals surface area (Å²) >= 11 is 0. The average Bonchev–Trinajstić information content (AvgIpc) is 2.82. The van der Waals surface area contributed by atoms with Gasteiger partial charge in [-0.15, -0.1) is 0 Å². The van der Waals surface area contributed by atoms with Gasteiger partial charge >= 0.3 is 0 Å². The Morgan fingerprint density at radius 1 is 0.952 bits per heavy atom. The van der Waals surface area contributed by atoms with Crippen LogP contribution in [0.2, 0.25) is 0 Å². The second kappa shape index (κ2) is 5.34. The molecule has 0 heterocycles. The molecule has 1 aromatic carbocycles. The average molecular weight is 270 g/mol. The van der Waals surface area contributed by atoms with Gasteiger partial charge in [-0.2, -0.15) is 0 Å². The van der Waals surface area contributed by atoms with Crippen LogP contribution in [0.3, 0.4) is 0 Å². The molecule has 0 saturated heterocycles. The molecule has 0 radical (unpaired) electrons. The maximum atomic E-state index is 9.11. The zero-order valence-corrected chi connectivity index (χ0v) is 11.7. The van der Waals surface area contributed by atoms with Gasteiger partial charge in [-0.05, 0) is 53.7 Å². The fraction of sp³-hybridized carbons (Fsp3) is 0.176. The fourth-order valence-electron chi connectivity index (χ4n) is 2.43. The maximum absolute atomic E-state index is 9.11. The lowest BCUT2D eigenvalue weighted by Crippen LogP contribution is -1.89. The maximum Gasteiger partial charge on any atom is 0.265 e. The lowest BCUT2D eigenvalue weighted by atomic mass is 9.98. The summed E-state index contributed by atoms with van der Waals surface area (Å²) < 4.78 is 0. The highest BCUT2D eigenvalue weighted by Gasteiger charge is 2.27. The van der Waals surface area contributed by atoms with Crippen LogP contribution in [0.15, 0.2) is 23.5 Å². The van der Waals surface area contributed by atoms with Crippen LogP contribution in [0.25, 0.3) is 20.8 Å². The van der Waals surface area contributed by atoms with Gasteiger partial charge < -0.3 is 0 Å². The van der Waals surface area contributed by atoms with Crippen molar-refractivity contribution in [3.8, 4) is 12.1 Å². The van der Waals surface area contributed by atoms with E-state index in [1.165, 1.54) is 0 Å². The molecule has 4 heteroatoms. The van der Waals surface area contributed by atoms with Gasteiger partial charge in [0.05, 0.1) is 25.3 Å². The number of nitriles is 2. The van der Waals surface area contributed by atoms with E-state index in [1.54, 1.807) is 0 Å². The van der Waals surface area contributed by atoms with Crippen molar-refractivity contribution < 1.29 is 0 Å². The van der Waals surface area contributed by atoms with E-state index in [-0.39, 0.29) is 17.8 Å². The van der Waals surface area contributed by atoms with E-state index < -0.39 is 0 Å². The van der Waals surface area contributed by atoms with Gasteiger partial charge in [0.25, 0.3) is 11.4 Å². The van der Waals surface area contributed by atoms with Crippen molar-refractivity contribution in [3.63, 3.8) is 0 Å². The van der Waals surface area contributed by atoms with Gasteiger partial charge in [-0.1, -0.05) is 12.1 Å². The lowest BCUT2D eigenvalue weighted by molar-refractivity contribution is 1.32. The minimum atomic E-state index is 0.0248. The third-order valence-electron chi connectivity index (χ3n) is 3.64. The highest BCUT2D eigenvalue weighted by molar-refractivity contribution is 5.97. The van der Waals surface area contributed by atoms with Crippen molar-refractivity contribution in [2.45, 2.75) is 20.3 Å². The van der Waals surface area contributed by atoms with Gasteiger partial charge in [0.2, 0.25) is 0 Å². The zero-order valence-electron chi connectivity index (χ0n) is 11.7. The summed E-state index contributed by atoms with van der Waals surface area (Å²) in [6.07, 6.45) is 0.286. The largest absolute Gasteiger partial charge is 0.265 e. The topological polar surface area (TPSA) is 56.3 Å². The number of allylic oxidation sites excluding steroid dienone is 4. The van der Waals surface area contributed by atoms with Crippen molar-refractivity contribution in [1.29, 1.82) is 10.5 Å². The molecule has 98 valence electrons. The minimum absolute atomic E-state index is 0.0248. The van der Waals surface area contributed by atoms with E-state index >= 15 is 0 Å². The van der Waals surface area contributed by atoms with Crippen LogP contribution in [0, 0.1) is 49.7 Å². The lowest BCUT2D eigenvalue weighted by Gasteiger charge is -2.07. The number of fused-ring (bicyclic) bond motifs is 1. The Labute approximate surface area is 123 Å². The van der Waals surface area contributed by atoms with E-state index in [2.05, 4.69) is 9.69 Å². The Morgan fingerprint density at radius 3 is 1.62 bits per heavy atom. The van der Waals surface area contributed by atoms with E-state index in [9.17, 15) is 0 Å². The Balaban J connectivity index is 2.91. The third kappa shape index (κ3) is 2.17. The molecule has 0 spiro atoms. The first-order chi connectivity index (χ1) is 10.1. The Bertz CT molecular complexity index is 767. The quantitative estimate of drug-likeness (QED) is 0.528. The van der Waals surface area contributed by atoms with E-state index in [0.29, 0.717) is 11.1 Å². The van der Waals surface area contributed by atoms with Crippen molar-refractivity contribution in [2.24, 2.45) is 0 Å². The molecule has 2 rings (SSSR count). The van der Waals surface area contributed by atoms with Crippen LogP contribution in [0.4, 0.5) is 0 Å². The molecule has 0 atom stereocenters. The summed E-state index contributed by atoms with van der Waals surface area (Å²) in [5.41, 5.74) is 4.95. The van der Waals surface area contributed by atoms with E-state index in [4.69, 9.17) is 23.7 Å². The molecule has 0 amide bonds. The molecule has 0 bridgehead atoms. The number of benzene rings is 1. The second-order valence-electron chi connectivity index (χ2n) is 4.76. The summed E-state index contributed by atoms with van der Waals surface area (Å²) in [6.45, 7) is 18.2. The Morgan fingerprint density at radius 2 is 1.33 bits per heavy atom. The highest BCUT2D eigenvalue weighted by Crippen LogP contribution is 2.45. The number of hydrogen-bond acceptors (Lipinski definition) is 2. The van der Waals surface area contributed by atoms with E-state index in [0.717, 1.165) is 22.3 Å². The smallest absolute Gasteiger partial charge is 0.226 e. The van der Waals surface area contributed by atoms with Crippen LogP contribution in [-0.4, -0.2) is 0 Å². The molecule has 0 unspecified atom stereocenters. The molecule has 0 aliphatic heterocycles. The first-order valence-corrected chi connectivity index (χ1v) is 6.20. The van der Waals surface area contributed by atoms with Gasteiger partial charge in [-0.3, -0.25) is 0 Å². The zero-order chi connectivity index (χ0) is 15.6. The molecule has 4 nitrogen and oxygen atoms in total. The summed E-state index contributed by atoms with van der Waals surface area (Å²) in [6, 6.07) is 7.66. The van der Waals surface area contributed by atoms with Crippen LogP contribution in [-0.2, 0) is 0 Å². The van der Waals surface area contributed by atoms with Crippen molar-refractivity contribution in [2.75, 3.05) is 0 Å². The fourth-order valence-corrected chi connectivity index (χ4v) is 2.43. The van der Waals surface area contributed by atoms with Crippen LogP contribution < -0.4 is 0 Å². The summed E-state index contributed by atoms with van der Waals surface area (Å²) in [4.78, 5) is 6.54. The van der Waals surface area contributed by atoms with Gasteiger partial charge in [-0.25, -0.2) is 20.2 Å². The van der Waals surface area contributed by atoms with Gasteiger partial charge in [0.15, 0.2) is 0 Å². The molecular formula is C17H10N4. The summed E-state index contributed by atoms with van der Waals surface area (Å²) in [5.74, 6) is 0. The van der Waals surface area contributed by atoms with Crippen molar-refractivity contribution in [1.82, 2.24) is 0 Å². The molecule has 0 aromatic heterocycles. The predicted octanol–water partition coefficient (Wildman–Crippen LogP) is 4.02. The number of aryl methyl sites for hydroxylation is 2. The normalized spacial score (nSPS) is 16.9. The standard InChI is InChI=1S/C17H10N4/c1-10-5-12-13(6-11(10)2)15(17(9-19)21-4)7-14(12)16(8-18)20-3/h5-6H,7H2,1-2H3/b16-14-,17-15-. The predicted molar refractivity (Wildman–Crippen MR) is 78.8 cm³/mol. The molecule has 21 heavy (non-hydrogen) atoms. The molecular weight excluding hydrogens is 260 g/mol. The summed E-state index contributed by atoms with van der Waals surface area (Å²) in [5, 5.41) is 18.2. The molecule has 1 aliphatic rings. The monoisotopic (exact) mass is 270 g/mol. The molecule has 0 saturated carbocycles. The molecule has 0 N–H and O–H groups in total. The third-order valence-corrected chi connectivity index (χ3v) is 3.64. The SMILES string of the molecule is [C-]#[N+]/C(C#N)=C1/C/C(=C(\C#N)[N+]#[C-])c2cc(C)c(C)cc21. The Kier molecular flexibility index (Phi) is 3.58. The van der Waals surface area contributed by atoms with Crippen LogP contribution in [0.5, 0.6) is 0 Å². The first kappa shape index (κ1) is 14.1. The number of rotatable bonds is 0. The van der Waals surface area contributed by atoms with Crippen LogP contribution >= 0.6 is 0 Å². The number of hydrogen-bond donors (Lipinski definition) is 0. The van der Waals surface area contributed by atoms with Crippen molar-refractivity contribution in [3.05, 3.63) is 68.6 Å². The second-order valence-corrected chi connectivity index (χ2v) is 4.76. The Hall–Kier alpha value is -3.34. The summed E-state index contributed by atoms with van der Waals surface area (Å²) in [7, 11) is 0.